The summed E-state index contributed by atoms with van der Waals surface area (Å²) >= 11 is 1.84. The first-order valence-corrected chi connectivity index (χ1v) is 7.22. The van der Waals surface area contributed by atoms with Gasteiger partial charge in [0.15, 0.2) is 0 Å². The van der Waals surface area contributed by atoms with Crippen LogP contribution in [0.15, 0.2) is 24.3 Å². The molecule has 2 N–H and O–H groups in total. The molecule has 0 fully saturated rings. The Bertz CT molecular complexity index is 584. The molecule has 1 aromatic heterocycles. The van der Waals surface area contributed by atoms with Crippen LogP contribution in [0.4, 0.5) is 0 Å². The molecule has 0 saturated heterocycles. The van der Waals surface area contributed by atoms with Gasteiger partial charge in [0.1, 0.15) is 5.01 Å². The summed E-state index contributed by atoms with van der Waals surface area (Å²) < 4.78 is 0. The van der Waals surface area contributed by atoms with E-state index in [1.165, 1.54) is 26.7 Å². The number of aryl methyl sites for hydroxylation is 2. The standard InChI is InChI=1S/C15H18N2S/c1-15(2,9-16)14-17-13-11-6-4-3-5-10(11)7-8-12(13)18-14/h3-6H,7-9,16H2,1-2H3. The Labute approximate surface area is 112 Å². The van der Waals surface area contributed by atoms with Crippen LogP contribution >= 0.6 is 11.3 Å². The minimum absolute atomic E-state index is 0.0169. The Morgan fingerprint density at radius 1 is 1.28 bits per heavy atom. The summed E-state index contributed by atoms with van der Waals surface area (Å²) in [5.74, 6) is 0. The van der Waals surface area contributed by atoms with Gasteiger partial charge in [-0.05, 0) is 18.4 Å². The lowest BCUT2D eigenvalue weighted by Crippen LogP contribution is -2.27. The van der Waals surface area contributed by atoms with E-state index in [4.69, 9.17) is 10.7 Å². The van der Waals surface area contributed by atoms with E-state index in [1.54, 1.807) is 0 Å². The molecule has 0 aliphatic heterocycles. The number of hydrogen-bond donors (Lipinski definition) is 1. The minimum atomic E-state index is -0.0169. The van der Waals surface area contributed by atoms with Crippen molar-refractivity contribution in [1.82, 2.24) is 4.98 Å². The quantitative estimate of drug-likeness (QED) is 0.898. The molecule has 0 unspecified atom stereocenters. The molecule has 1 aliphatic carbocycles. The van der Waals surface area contributed by atoms with Crippen LogP contribution in [0, 0.1) is 0 Å². The molecule has 0 amide bonds. The van der Waals surface area contributed by atoms with Gasteiger partial charge in [0.2, 0.25) is 0 Å². The first-order chi connectivity index (χ1) is 8.62. The molecule has 94 valence electrons. The van der Waals surface area contributed by atoms with Gasteiger partial charge in [-0.25, -0.2) is 4.98 Å². The minimum Gasteiger partial charge on any atom is -0.330 e. The van der Waals surface area contributed by atoms with Crippen LogP contribution in [-0.2, 0) is 18.3 Å². The van der Waals surface area contributed by atoms with E-state index in [2.05, 4.69) is 38.1 Å². The maximum absolute atomic E-state index is 5.86. The Kier molecular flexibility index (Phi) is 2.76. The second kappa shape index (κ2) is 4.18. The fourth-order valence-corrected chi connectivity index (χ4v) is 3.51. The summed E-state index contributed by atoms with van der Waals surface area (Å²) in [6, 6.07) is 8.61. The Morgan fingerprint density at radius 3 is 2.83 bits per heavy atom. The molecule has 0 atom stereocenters. The van der Waals surface area contributed by atoms with Crippen molar-refractivity contribution in [2.75, 3.05) is 6.54 Å². The van der Waals surface area contributed by atoms with Crippen LogP contribution in [0.25, 0.3) is 11.3 Å². The molecule has 0 saturated carbocycles. The molecular weight excluding hydrogens is 240 g/mol. The third-order valence-electron chi connectivity index (χ3n) is 3.68. The van der Waals surface area contributed by atoms with Crippen LogP contribution in [0.5, 0.6) is 0 Å². The van der Waals surface area contributed by atoms with E-state index in [1.807, 2.05) is 11.3 Å². The summed E-state index contributed by atoms with van der Waals surface area (Å²) in [4.78, 5) is 6.29. The predicted molar refractivity (Wildman–Crippen MR) is 77.0 cm³/mol. The number of hydrogen-bond acceptors (Lipinski definition) is 3. The van der Waals surface area contributed by atoms with E-state index in [-0.39, 0.29) is 5.41 Å². The van der Waals surface area contributed by atoms with E-state index in [0.717, 1.165) is 12.8 Å². The lowest BCUT2D eigenvalue weighted by Gasteiger charge is -2.18. The van der Waals surface area contributed by atoms with Crippen LogP contribution in [0.1, 0.15) is 29.3 Å². The van der Waals surface area contributed by atoms with Crippen LogP contribution in [0.3, 0.4) is 0 Å². The van der Waals surface area contributed by atoms with Gasteiger partial charge >= 0.3 is 0 Å². The van der Waals surface area contributed by atoms with Gasteiger partial charge < -0.3 is 5.73 Å². The van der Waals surface area contributed by atoms with Crippen LogP contribution in [-0.4, -0.2) is 11.5 Å². The fraction of sp³-hybridized carbons (Fsp3) is 0.400. The molecule has 0 spiro atoms. The zero-order chi connectivity index (χ0) is 12.8. The van der Waals surface area contributed by atoms with Crippen LogP contribution in [0.2, 0.25) is 0 Å². The summed E-state index contributed by atoms with van der Waals surface area (Å²) in [5, 5.41) is 1.17. The van der Waals surface area contributed by atoms with Crippen molar-refractivity contribution in [2.24, 2.45) is 5.73 Å². The van der Waals surface area contributed by atoms with Gasteiger partial charge in [0.25, 0.3) is 0 Å². The normalized spacial score (nSPS) is 14.2. The molecule has 1 aliphatic rings. The van der Waals surface area contributed by atoms with Gasteiger partial charge in [-0.3, -0.25) is 0 Å². The van der Waals surface area contributed by atoms with Gasteiger partial charge in [-0.2, -0.15) is 0 Å². The second-order valence-electron chi connectivity index (χ2n) is 5.54. The van der Waals surface area contributed by atoms with Crippen molar-refractivity contribution in [3.63, 3.8) is 0 Å². The smallest absolute Gasteiger partial charge is 0.100 e. The zero-order valence-electron chi connectivity index (χ0n) is 10.9. The molecule has 0 radical (unpaired) electrons. The number of fused-ring (bicyclic) bond motifs is 3. The maximum Gasteiger partial charge on any atom is 0.100 e. The fourth-order valence-electron chi connectivity index (χ4n) is 2.33. The topological polar surface area (TPSA) is 38.9 Å². The van der Waals surface area contributed by atoms with E-state index < -0.39 is 0 Å². The second-order valence-corrected chi connectivity index (χ2v) is 6.62. The molecule has 3 heteroatoms. The number of nitrogens with zero attached hydrogens (tertiary/aromatic N) is 1. The molecule has 3 rings (SSSR count). The van der Waals surface area contributed by atoms with E-state index >= 15 is 0 Å². The highest BCUT2D eigenvalue weighted by Gasteiger charge is 2.27. The van der Waals surface area contributed by atoms with Crippen molar-refractivity contribution in [3.8, 4) is 11.3 Å². The highest BCUT2D eigenvalue weighted by Crippen LogP contribution is 2.39. The lowest BCUT2D eigenvalue weighted by atomic mass is 9.92. The van der Waals surface area contributed by atoms with E-state index in [0.29, 0.717) is 6.54 Å². The van der Waals surface area contributed by atoms with Crippen molar-refractivity contribution in [3.05, 3.63) is 39.7 Å². The summed E-state index contributed by atoms with van der Waals surface area (Å²) in [6.45, 7) is 4.98. The average Bonchev–Trinajstić information content (AvgIpc) is 2.84. The molecule has 2 aromatic rings. The van der Waals surface area contributed by atoms with Crippen molar-refractivity contribution in [2.45, 2.75) is 32.1 Å². The van der Waals surface area contributed by atoms with Gasteiger partial charge in [0, 0.05) is 22.4 Å². The summed E-state index contributed by atoms with van der Waals surface area (Å²) in [5.41, 5.74) is 9.77. The van der Waals surface area contributed by atoms with Crippen molar-refractivity contribution >= 4 is 11.3 Å². The Balaban J connectivity index is 2.12. The first kappa shape index (κ1) is 11.9. The monoisotopic (exact) mass is 258 g/mol. The zero-order valence-corrected chi connectivity index (χ0v) is 11.7. The molecule has 0 bridgehead atoms. The maximum atomic E-state index is 5.86. The van der Waals surface area contributed by atoms with Gasteiger partial charge in [-0.15, -0.1) is 11.3 Å². The third kappa shape index (κ3) is 1.78. The number of aromatic nitrogens is 1. The highest BCUT2D eigenvalue weighted by atomic mass is 32.1. The summed E-state index contributed by atoms with van der Waals surface area (Å²) in [7, 11) is 0. The largest absolute Gasteiger partial charge is 0.330 e. The summed E-state index contributed by atoms with van der Waals surface area (Å²) in [6.07, 6.45) is 2.25. The van der Waals surface area contributed by atoms with Gasteiger partial charge in [0.05, 0.1) is 5.69 Å². The Morgan fingerprint density at radius 2 is 2.06 bits per heavy atom. The number of benzene rings is 1. The number of rotatable bonds is 2. The van der Waals surface area contributed by atoms with Crippen molar-refractivity contribution < 1.29 is 0 Å². The average molecular weight is 258 g/mol. The van der Waals surface area contributed by atoms with E-state index in [9.17, 15) is 0 Å². The third-order valence-corrected chi connectivity index (χ3v) is 5.16. The number of thiazole rings is 1. The van der Waals surface area contributed by atoms with Gasteiger partial charge in [-0.1, -0.05) is 38.1 Å². The molecule has 1 heterocycles. The number of nitrogens with two attached hydrogens (primary N) is 1. The molecule has 2 nitrogen and oxygen atoms in total. The SMILES string of the molecule is CC(C)(CN)c1nc2c(s1)CCc1ccccc1-2. The van der Waals surface area contributed by atoms with Crippen molar-refractivity contribution in [1.29, 1.82) is 0 Å². The molecular formula is C15H18N2S. The predicted octanol–water partition coefficient (Wildman–Crippen LogP) is 3.15. The highest BCUT2D eigenvalue weighted by molar-refractivity contribution is 7.12. The van der Waals surface area contributed by atoms with Crippen LogP contribution < -0.4 is 5.73 Å². The Hall–Kier alpha value is -1.19. The first-order valence-electron chi connectivity index (χ1n) is 6.40. The lowest BCUT2D eigenvalue weighted by molar-refractivity contribution is 0.536. The molecule has 1 aromatic carbocycles. The molecule has 18 heavy (non-hydrogen) atoms.